The Labute approximate surface area is 132 Å². The molecule has 1 aromatic rings. The number of hydrogen-bond donors (Lipinski definition) is 1. The highest BCUT2D eigenvalue weighted by molar-refractivity contribution is 7.90. The van der Waals surface area contributed by atoms with Gasteiger partial charge in [-0.05, 0) is 37.1 Å². The Morgan fingerprint density at radius 1 is 1.26 bits per heavy atom. The van der Waals surface area contributed by atoms with E-state index in [1.165, 1.54) is 36.1 Å². The number of alkyl halides is 2. The molecule has 1 aliphatic heterocycles. The minimum Gasteiger partial charge on any atom is -0.497 e. The Kier molecular flexibility index (Phi) is 5.20. The molecule has 1 amide bonds. The maximum atomic E-state index is 14.1. The Morgan fingerprint density at radius 2 is 1.83 bits per heavy atom. The van der Waals surface area contributed by atoms with Gasteiger partial charge in [0.25, 0.3) is 10.0 Å². The number of carbonyl (C=O) groups excluding carboxylic acids is 1. The largest absolute Gasteiger partial charge is 0.497 e. The average molecular weight is 349 g/mol. The van der Waals surface area contributed by atoms with Crippen LogP contribution in [0.15, 0.2) is 29.2 Å². The number of rotatable bonds is 5. The van der Waals surface area contributed by atoms with Gasteiger partial charge in [-0.1, -0.05) is 0 Å². The number of carbonyl (C=O) groups is 1. The van der Waals surface area contributed by atoms with E-state index in [0.717, 1.165) is 0 Å². The Hall–Kier alpha value is -1.74. The molecule has 0 bridgehead atoms. The van der Waals surface area contributed by atoms with Crippen molar-refractivity contribution in [2.75, 3.05) is 20.3 Å². The molecule has 0 unspecified atom stereocenters. The van der Waals surface area contributed by atoms with Crippen LogP contribution in [0.3, 0.4) is 0 Å². The van der Waals surface area contributed by atoms with Crippen molar-refractivity contribution >= 4 is 15.9 Å². The molecule has 2 rings (SSSR count). The molecular formula is C14H17F2NO5S. The number of benzene rings is 1. The highest BCUT2D eigenvalue weighted by Crippen LogP contribution is 2.33. The molecule has 1 saturated heterocycles. The summed E-state index contributed by atoms with van der Waals surface area (Å²) in [5.74, 6) is -6.42. The molecular weight excluding hydrogens is 332 g/mol. The van der Waals surface area contributed by atoms with E-state index < -0.39 is 27.8 Å². The summed E-state index contributed by atoms with van der Waals surface area (Å²) >= 11 is 0. The molecule has 0 saturated carbocycles. The van der Waals surface area contributed by atoms with Gasteiger partial charge in [-0.2, -0.15) is 8.78 Å². The fourth-order valence-corrected chi connectivity index (χ4v) is 3.24. The standard InChI is InChI=1S/C14H17F2NO5S/c1-21-11-2-4-12(5-3-11)23(19,20)17-13(18)14(15,16)10-6-8-22-9-7-10/h2-5,10H,6-9H2,1H3,(H,17,18). The summed E-state index contributed by atoms with van der Waals surface area (Å²) in [6.45, 7) is 0.248. The lowest BCUT2D eigenvalue weighted by Gasteiger charge is -2.28. The van der Waals surface area contributed by atoms with E-state index in [0.29, 0.717) is 5.75 Å². The number of hydrogen-bond acceptors (Lipinski definition) is 5. The predicted molar refractivity (Wildman–Crippen MR) is 76.8 cm³/mol. The van der Waals surface area contributed by atoms with Crippen LogP contribution in [-0.2, 0) is 19.6 Å². The van der Waals surface area contributed by atoms with Gasteiger partial charge in [-0.3, -0.25) is 4.79 Å². The van der Waals surface area contributed by atoms with Crippen molar-refractivity contribution < 1.29 is 31.5 Å². The second-order valence-electron chi connectivity index (χ2n) is 5.12. The molecule has 128 valence electrons. The lowest BCUT2D eigenvalue weighted by Crippen LogP contribution is -2.48. The highest BCUT2D eigenvalue weighted by Gasteiger charge is 2.48. The zero-order valence-corrected chi connectivity index (χ0v) is 13.2. The molecule has 1 aliphatic rings. The second kappa shape index (κ2) is 6.79. The molecule has 1 fully saturated rings. The van der Waals surface area contributed by atoms with Crippen LogP contribution in [-0.4, -0.2) is 40.6 Å². The minimum absolute atomic E-state index is 0.00298. The molecule has 9 heteroatoms. The molecule has 6 nitrogen and oxygen atoms in total. The third kappa shape index (κ3) is 3.97. The summed E-state index contributed by atoms with van der Waals surface area (Å²) in [7, 11) is -2.97. The molecule has 0 atom stereocenters. The van der Waals surface area contributed by atoms with Gasteiger partial charge >= 0.3 is 11.8 Å². The highest BCUT2D eigenvalue weighted by atomic mass is 32.2. The normalized spacial score (nSPS) is 16.8. The monoisotopic (exact) mass is 349 g/mol. The third-order valence-corrected chi connectivity index (χ3v) is 4.98. The van der Waals surface area contributed by atoms with E-state index in [-0.39, 0.29) is 31.0 Å². The summed E-state index contributed by atoms with van der Waals surface area (Å²) in [6.07, 6.45) is 0.00596. The van der Waals surface area contributed by atoms with Crippen LogP contribution in [0.1, 0.15) is 12.8 Å². The summed E-state index contributed by atoms with van der Waals surface area (Å²) in [5.41, 5.74) is 0. The summed E-state index contributed by atoms with van der Waals surface area (Å²) in [5, 5.41) is 0. The van der Waals surface area contributed by atoms with Crippen LogP contribution >= 0.6 is 0 Å². The zero-order valence-electron chi connectivity index (χ0n) is 12.4. The van der Waals surface area contributed by atoms with Gasteiger partial charge in [-0.15, -0.1) is 0 Å². The van der Waals surface area contributed by atoms with Crippen molar-refractivity contribution in [2.45, 2.75) is 23.7 Å². The fourth-order valence-electron chi connectivity index (χ4n) is 2.25. The van der Waals surface area contributed by atoms with Crippen LogP contribution in [0.2, 0.25) is 0 Å². The smallest absolute Gasteiger partial charge is 0.328 e. The maximum Gasteiger partial charge on any atom is 0.328 e. The SMILES string of the molecule is COc1ccc(S(=O)(=O)NC(=O)C(F)(F)C2CCOCC2)cc1. The van der Waals surface area contributed by atoms with Crippen LogP contribution < -0.4 is 9.46 Å². The van der Waals surface area contributed by atoms with Crippen molar-refractivity contribution in [3.05, 3.63) is 24.3 Å². The van der Waals surface area contributed by atoms with E-state index in [1.54, 1.807) is 0 Å². The van der Waals surface area contributed by atoms with Crippen LogP contribution in [0.25, 0.3) is 0 Å². The lowest BCUT2D eigenvalue weighted by atomic mass is 9.92. The first-order valence-corrected chi connectivity index (χ1v) is 8.42. The summed E-state index contributed by atoms with van der Waals surface area (Å²) in [4.78, 5) is 11.5. The molecule has 23 heavy (non-hydrogen) atoms. The van der Waals surface area contributed by atoms with Crippen molar-refractivity contribution in [2.24, 2.45) is 5.92 Å². The zero-order chi connectivity index (χ0) is 17.1. The Bertz CT molecular complexity index is 654. The topological polar surface area (TPSA) is 81.7 Å². The third-order valence-electron chi connectivity index (χ3n) is 3.63. The summed E-state index contributed by atoms with van der Waals surface area (Å²) in [6, 6.07) is 5.05. The quantitative estimate of drug-likeness (QED) is 0.872. The van der Waals surface area contributed by atoms with E-state index in [1.807, 2.05) is 0 Å². The van der Waals surface area contributed by atoms with Crippen LogP contribution in [0.4, 0.5) is 8.78 Å². The van der Waals surface area contributed by atoms with E-state index >= 15 is 0 Å². The van der Waals surface area contributed by atoms with Crippen molar-refractivity contribution in [1.29, 1.82) is 0 Å². The first-order chi connectivity index (χ1) is 10.8. The van der Waals surface area contributed by atoms with Crippen LogP contribution in [0, 0.1) is 5.92 Å². The van der Waals surface area contributed by atoms with Crippen molar-refractivity contribution in [3.63, 3.8) is 0 Å². The Balaban J connectivity index is 2.13. The molecule has 1 heterocycles. The molecule has 1 aromatic carbocycles. The lowest BCUT2D eigenvalue weighted by molar-refractivity contribution is -0.157. The van der Waals surface area contributed by atoms with Crippen LogP contribution in [0.5, 0.6) is 5.75 Å². The number of amides is 1. The molecule has 1 N–H and O–H groups in total. The number of ether oxygens (including phenoxy) is 2. The number of methoxy groups -OCH3 is 1. The molecule has 0 aliphatic carbocycles. The molecule has 0 aromatic heterocycles. The Morgan fingerprint density at radius 3 is 2.35 bits per heavy atom. The van der Waals surface area contributed by atoms with E-state index in [4.69, 9.17) is 9.47 Å². The van der Waals surface area contributed by atoms with Crippen molar-refractivity contribution in [3.8, 4) is 5.75 Å². The van der Waals surface area contributed by atoms with E-state index in [2.05, 4.69) is 0 Å². The van der Waals surface area contributed by atoms with Crippen molar-refractivity contribution in [1.82, 2.24) is 4.72 Å². The van der Waals surface area contributed by atoms with Gasteiger partial charge in [0.05, 0.1) is 12.0 Å². The van der Waals surface area contributed by atoms with Gasteiger partial charge in [0.2, 0.25) is 0 Å². The molecule has 0 spiro atoms. The molecule has 0 radical (unpaired) electrons. The van der Waals surface area contributed by atoms with Gasteiger partial charge in [-0.25, -0.2) is 13.1 Å². The summed E-state index contributed by atoms with van der Waals surface area (Å²) < 4.78 is 63.6. The number of halogens is 2. The fraction of sp³-hybridized carbons (Fsp3) is 0.500. The first-order valence-electron chi connectivity index (χ1n) is 6.94. The average Bonchev–Trinajstić information content (AvgIpc) is 2.55. The second-order valence-corrected chi connectivity index (χ2v) is 6.80. The van der Waals surface area contributed by atoms with Gasteiger partial charge < -0.3 is 9.47 Å². The first kappa shape index (κ1) is 17.6. The van der Waals surface area contributed by atoms with E-state index in [9.17, 15) is 22.0 Å². The maximum absolute atomic E-state index is 14.1. The number of sulfonamides is 1. The number of nitrogens with one attached hydrogen (secondary N) is 1. The van der Waals surface area contributed by atoms with Gasteiger partial charge in [0.15, 0.2) is 0 Å². The van der Waals surface area contributed by atoms with Gasteiger partial charge in [0, 0.05) is 19.1 Å². The minimum atomic E-state index is -4.37. The van der Waals surface area contributed by atoms with Gasteiger partial charge in [0.1, 0.15) is 5.75 Å². The predicted octanol–water partition coefficient (Wildman–Crippen LogP) is 1.56.